The van der Waals surface area contributed by atoms with E-state index in [2.05, 4.69) is 10.5 Å². The number of hydrogen-bond acceptors (Lipinski definition) is 4. The molecule has 4 saturated carbocycles. The van der Waals surface area contributed by atoms with Crippen LogP contribution >= 0.6 is 0 Å². The van der Waals surface area contributed by atoms with Crippen LogP contribution in [0.15, 0.2) is 47.6 Å². The zero-order valence-corrected chi connectivity index (χ0v) is 16.3. The molecule has 5 heteroatoms. The number of phenolic OH excluding ortho intramolecular Hbond substituents is 2. The summed E-state index contributed by atoms with van der Waals surface area (Å²) in [5.41, 5.74) is 4.53. The Hall–Kier alpha value is -2.82. The summed E-state index contributed by atoms with van der Waals surface area (Å²) in [6.45, 7) is 0. The van der Waals surface area contributed by atoms with Crippen molar-refractivity contribution in [3.8, 4) is 11.5 Å². The summed E-state index contributed by atoms with van der Waals surface area (Å²) >= 11 is 0. The predicted octanol–water partition coefficient (Wildman–Crippen LogP) is 4.33. The number of hydrogen-bond donors (Lipinski definition) is 3. The molecule has 150 valence electrons. The number of amides is 1. The maximum atomic E-state index is 12.6. The molecule has 29 heavy (non-hydrogen) atoms. The maximum absolute atomic E-state index is 12.6. The summed E-state index contributed by atoms with van der Waals surface area (Å²) in [7, 11) is 0. The number of benzene rings is 2. The SMILES string of the molecule is O=C(NN=Cc1ccccc1O)c1ccc(O)c(C23CC4CC(CC(C4)C2)C3)c1. The number of aromatic hydroxyl groups is 2. The second-order valence-electron chi connectivity index (χ2n) is 9.19. The van der Waals surface area contributed by atoms with Gasteiger partial charge in [0, 0.05) is 16.7 Å². The lowest BCUT2D eigenvalue weighted by atomic mass is 9.48. The lowest BCUT2D eigenvalue weighted by Gasteiger charge is -2.57. The normalized spacial score (nSPS) is 30.0. The molecule has 0 heterocycles. The second-order valence-corrected chi connectivity index (χ2v) is 9.19. The van der Waals surface area contributed by atoms with E-state index in [4.69, 9.17) is 0 Å². The van der Waals surface area contributed by atoms with E-state index >= 15 is 0 Å². The molecule has 0 atom stereocenters. The minimum atomic E-state index is -0.317. The van der Waals surface area contributed by atoms with Crippen molar-refractivity contribution in [2.24, 2.45) is 22.9 Å². The fourth-order valence-corrected chi connectivity index (χ4v) is 6.36. The van der Waals surface area contributed by atoms with Crippen molar-refractivity contribution < 1.29 is 15.0 Å². The van der Waals surface area contributed by atoms with Crippen LogP contribution in [0.5, 0.6) is 11.5 Å². The van der Waals surface area contributed by atoms with Gasteiger partial charge in [-0.15, -0.1) is 0 Å². The van der Waals surface area contributed by atoms with Gasteiger partial charge in [0.25, 0.3) is 5.91 Å². The number of carbonyl (C=O) groups is 1. The molecule has 4 aliphatic carbocycles. The average Bonchev–Trinajstić information content (AvgIpc) is 2.68. The van der Waals surface area contributed by atoms with Crippen molar-refractivity contribution in [3.05, 3.63) is 59.2 Å². The number of hydrazone groups is 1. The fourth-order valence-electron chi connectivity index (χ4n) is 6.36. The summed E-state index contributed by atoms with van der Waals surface area (Å²) < 4.78 is 0. The Kier molecular flexibility index (Phi) is 4.34. The van der Waals surface area contributed by atoms with Crippen molar-refractivity contribution in [3.63, 3.8) is 0 Å². The lowest BCUT2D eigenvalue weighted by molar-refractivity contribution is -0.00615. The quantitative estimate of drug-likeness (QED) is 0.537. The Balaban J connectivity index is 1.37. The second kappa shape index (κ2) is 6.90. The van der Waals surface area contributed by atoms with Crippen molar-refractivity contribution in [1.29, 1.82) is 0 Å². The molecule has 0 unspecified atom stereocenters. The van der Waals surface area contributed by atoms with Crippen LogP contribution in [0.3, 0.4) is 0 Å². The van der Waals surface area contributed by atoms with Crippen LogP contribution in [0.4, 0.5) is 0 Å². The Bertz CT molecular complexity index is 947. The van der Waals surface area contributed by atoms with Gasteiger partial charge >= 0.3 is 0 Å². The molecule has 2 aromatic carbocycles. The van der Waals surface area contributed by atoms with Crippen LogP contribution in [0, 0.1) is 17.8 Å². The van der Waals surface area contributed by atoms with E-state index in [1.54, 1.807) is 36.4 Å². The lowest BCUT2D eigenvalue weighted by Crippen LogP contribution is -2.48. The topological polar surface area (TPSA) is 81.9 Å². The highest BCUT2D eigenvalue weighted by Crippen LogP contribution is 2.61. The molecule has 1 amide bonds. The van der Waals surface area contributed by atoms with Gasteiger partial charge in [0.1, 0.15) is 11.5 Å². The first-order chi connectivity index (χ1) is 14.0. The molecular weight excluding hydrogens is 364 g/mol. The maximum Gasteiger partial charge on any atom is 0.271 e. The molecule has 0 spiro atoms. The number of para-hydroxylation sites is 1. The monoisotopic (exact) mass is 390 g/mol. The Morgan fingerprint density at radius 1 is 0.966 bits per heavy atom. The standard InChI is InChI=1S/C24H26N2O3/c27-21-4-2-1-3-19(21)14-25-26-23(29)18-5-6-22(28)20(10-18)24-11-15-7-16(12-24)9-17(8-15)13-24/h1-6,10,14-17,27-28H,7-9,11-13H2,(H,26,29). The molecule has 4 fully saturated rings. The van der Waals surface area contributed by atoms with Gasteiger partial charge in [-0.1, -0.05) is 12.1 Å². The zero-order valence-electron chi connectivity index (χ0n) is 16.3. The first-order valence-corrected chi connectivity index (χ1v) is 10.5. The Morgan fingerprint density at radius 3 is 2.28 bits per heavy atom. The molecule has 4 bridgehead atoms. The number of nitrogens with one attached hydrogen (secondary N) is 1. The molecule has 0 aliphatic heterocycles. The van der Waals surface area contributed by atoms with Gasteiger partial charge in [-0.05, 0) is 92.0 Å². The number of nitrogens with zero attached hydrogens (tertiary/aromatic N) is 1. The van der Waals surface area contributed by atoms with Gasteiger partial charge in [0.15, 0.2) is 0 Å². The van der Waals surface area contributed by atoms with Crippen molar-refractivity contribution in [2.75, 3.05) is 0 Å². The fraction of sp³-hybridized carbons (Fsp3) is 0.417. The molecule has 0 aromatic heterocycles. The van der Waals surface area contributed by atoms with E-state index in [1.807, 2.05) is 6.07 Å². The largest absolute Gasteiger partial charge is 0.508 e. The summed E-state index contributed by atoms with van der Waals surface area (Å²) in [5.74, 6) is 2.40. The number of rotatable bonds is 4. The molecule has 6 rings (SSSR count). The van der Waals surface area contributed by atoms with Gasteiger partial charge in [-0.25, -0.2) is 5.43 Å². The van der Waals surface area contributed by atoms with E-state index in [0.717, 1.165) is 42.6 Å². The molecule has 3 N–H and O–H groups in total. The van der Waals surface area contributed by atoms with Crippen LogP contribution in [0.2, 0.25) is 0 Å². The highest BCUT2D eigenvalue weighted by atomic mass is 16.3. The summed E-state index contributed by atoms with van der Waals surface area (Å²) in [4.78, 5) is 12.6. The highest BCUT2D eigenvalue weighted by molar-refractivity contribution is 5.95. The average molecular weight is 390 g/mol. The van der Waals surface area contributed by atoms with E-state index in [1.165, 1.54) is 25.5 Å². The summed E-state index contributed by atoms with van der Waals surface area (Å²) in [6, 6.07) is 12.0. The van der Waals surface area contributed by atoms with E-state index < -0.39 is 0 Å². The summed E-state index contributed by atoms with van der Waals surface area (Å²) in [6.07, 6.45) is 8.81. The van der Waals surface area contributed by atoms with Crippen LogP contribution in [0.25, 0.3) is 0 Å². The van der Waals surface area contributed by atoms with E-state index in [9.17, 15) is 15.0 Å². The van der Waals surface area contributed by atoms with E-state index in [0.29, 0.717) is 16.9 Å². The zero-order chi connectivity index (χ0) is 20.0. The number of phenols is 2. The van der Waals surface area contributed by atoms with Gasteiger partial charge in [0.2, 0.25) is 0 Å². The van der Waals surface area contributed by atoms with Crippen molar-refractivity contribution >= 4 is 12.1 Å². The van der Waals surface area contributed by atoms with Gasteiger partial charge in [-0.2, -0.15) is 5.10 Å². The first kappa shape index (κ1) is 18.2. The first-order valence-electron chi connectivity index (χ1n) is 10.5. The third kappa shape index (κ3) is 3.28. The molecule has 0 radical (unpaired) electrons. The third-order valence-corrected chi connectivity index (χ3v) is 7.17. The predicted molar refractivity (Wildman–Crippen MR) is 111 cm³/mol. The van der Waals surface area contributed by atoms with Gasteiger partial charge in [0.05, 0.1) is 6.21 Å². The van der Waals surface area contributed by atoms with E-state index in [-0.39, 0.29) is 17.1 Å². The van der Waals surface area contributed by atoms with Gasteiger partial charge in [-0.3, -0.25) is 4.79 Å². The minimum absolute atomic E-state index is 0.0220. The van der Waals surface area contributed by atoms with Crippen molar-refractivity contribution in [2.45, 2.75) is 43.9 Å². The van der Waals surface area contributed by atoms with Crippen molar-refractivity contribution in [1.82, 2.24) is 5.43 Å². The van der Waals surface area contributed by atoms with Crippen LogP contribution in [-0.2, 0) is 5.41 Å². The Labute approximate surface area is 170 Å². The number of carbonyl (C=O) groups excluding carboxylic acids is 1. The molecule has 5 nitrogen and oxygen atoms in total. The van der Waals surface area contributed by atoms with Crippen LogP contribution < -0.4 is 5.43 Å². The molecule has 0 saturated heterocycles. The molecule has 2 aromatic rings. The third-order valence-electron chi connectivity index (χ3n) is 7.17. The van der Waals surface area contributed by atoms with Crippen LogP contribution in [-0.4, -0.2) is 22.3 Å². The van der Waals surface area contributed by atoms with Crippen LogP contribution in [0.1, 0.15) is 60.0 Å². The highest BCUT2D eigenvalue weighted by Gasteiger charge is 2.52. The molecular formula is C24H26N2O3. The minimum Gasteiger partial charge on any atom is -0.508 e. The smallest absolute Gasteiger partial charge is 0.271 e. The summed E-state index contributed by atoms with van der Waals surface area (Å²) in [5, 5.41) is 24.4. The van der Waals surface area contributed by atoms with Gasteiger partial charge < -0.3 is 10.2 Å². The Morgan fingerprint density at radius 2 is 1.62 bits per heavy atom. The molecule has 4 aliphatic rings.